The molecule has 1 aromatic carbocycles. The van der Waals surface area contributed by atoms with Crippen molar-refractivity contribution >= 4 is 0 Å². The van der Waals surface area contributed by atoms with Crippen LogP contribution in [0.2, 0.25) is 0 Å². The first-order valence-corrected chi connectivity index (χ1v) is 5.47. The van der Waals surface area contributed by atoms with E-state index in [1.165, 1.54) is 11.3 Å². The summed E-state index contributed by atoms with van der Waals surface area (Å²) in [5.74, 6) is 1.05. The average Bonchev–Trinajstić information content (AvgIpc) is 2.60. The van der Waals surface area contributed by atoms with E-state index < -0.39 is 0 Å². The van der Waals surface area contributed by atoms with Crippen LogP contribution in [0.1, 0.15) is 17.1 Å². The van der Waals surface area contributed by atoms with Gasteiger partial charge in [0, 0.05) is 17.6 Å². The molecule has 84 valence electrons. The summed E-state index contributed by atoms with van der Waals surface area (Å²) in [4.78, 5) is 4.41. The molecule has 2 aromatic rings. The van der Waals surface area contributed by atoms with Gasteiger partial charge in [-0.3, -0.25) is 4.57 Å². The van der Waals surface area contributed by atoms with Crippen molar-refractivity contribution in [2.24, 2.45) is 0 Å². The van der Waals surface area contributed by atoms with E-state index in [2.05, 4.69) is 53.0 Å². The third kappa shape index (κ3) is 1.99. The Morgan fingerprint density at radius 3 is 2.81 bits per heavy atom. The third-order valence-electron chi connectivity index (χ3n) is 2.61. The van der Waals surface area contributed by atoms with Crippen molar-refractivity contribution in [1.82, 2.24) is 14.9 Å². The topological polar surface area (TPSA) is 29.9 Å². The number of aromatic nitrogens is 2. The molecule has 0 radical (unpaired) electrons. The zero-order valence-corrected chi connectivity index (χ0v) is 9.99. The fourth-order valence-electron chi connectivity index (χ4n) is 1.89. The summed E-state index contributed by atoms with van der Waals surface area (Å²) in [6.45, 7) is 4.96. The number of hydrogen-bond acceptors (Lipinski definition) is 2. The largest absolute Gasteiger partial charge is 0.313 e. The van der Waals surface area contributed by atoms with Crippen LogP contribution < -0.4 is 5.32 Å². The third-order valence-corrected chi connectivity index (χ3v) is 2.61. The highest BCUT2D eigenvalue weighted by atomic mass is 15.1. The first kappa shape index (κ1) is 10.9. The van der Waals surface area contributed by atoms with Crippen molar-refractivity contribution in [2.45, 2.75) is 20.4 Å². The minimum Gasteiger partial charge on any atom is -0.313 e. The number of nitrogens with one attached hydrogen (secondary N) is 1. The zero-order valence-electron chi connectivity index (χ0n) is 9.99. The molecular weight excluding hydrogens is 198 g/mol. The Morgan fingerprint density at radius 2 is 2.12 bits per heavy atom. The van der Waals surface area contributed by atoms with E-state index in [9.17, 15) is 0 Å². The molecule has 0 fully saturated rings. The van der Waals surface area contributed by atoms with Gasteiger partial charge in [-0.15, -0.1) is 0 Å². The molecule has 0 unspecified atom stereocenters. The van der Waals surface area contributed by atoms with Crippen LogP contribution in [0.25, 0.3) is 5.69 Å². The van der Waals surface area contributed by atoms with Crippen LogP contribution >= 0.6 is 0 Å². The molecule has 0 amide bonds. The number of benzene rings is 1. The monoisotopic (exact) mass is 215 g/mol. The summed E-state index contributed by atoms with van der Waals surface area (Å²) in [5, 5.41) is 3.14. The fraction of sp³-hybridized carbons (Fsp3) is 0.308. The van der Waals surface area contributed by atoms with Gasteiger partial charge >= 0.3 is 0 Å². The van der Waals surface area contributed by atoms with Crippen LogP contribution in [0, 0.1) is 13.8 Å². The normalized spacial score (nSPS) is 10.7. The van der Waals surface area contributed by atoms with E-state index in [1.807, 2.05) is 13.2 Å². The lowest BCUT2D eigenvalue weighted by atomic mass is 10.2. The van der Waals surface area contributed by atoms with Crippen molar-refractivity contribution < 1.29 is 0 Å². The minimum absolute atomic E-state index is 0.780. The Labute approximate surface area is 96.1 Å². The molecule has 0 aliphatic rings. The Morgan fingerprint density at radius 1 is 1.31 bits per heavy atom. The van der Waals surface area contributed by atoms with Gasteiger partial charge in [0.1, 0.15) is 5.82 Å². The van der Waals surface area contributed by atoms with Crippen LogP contribution in [0.5, 0.6) is 0 Å². The summed E-state index contributed by atoms with van der Waals surface area (Å²) in [5.41, 5.74) is 3.61. The molecule has 16 heavy (non-hydrogen) atoms. The van der Waals surface area contributed by atoms with Gasteiger partial charge < -0.3 is 5.32 Å². The number of rotatable bonds is 3. The molecule has 0 bridgehead atoms. The summed E-state index contributed by atoms with van der Waals surface area (Å²) in [6, 6.07) is 8.47. The highest BCUT2D eigenvalue weighted by molar-refractivity contribution is 5.38. The number of hydrogen-bond donors (Lipinski definition) is 1. The highest BCUT2D eigenvalue weighted by Gasteiger charge is 2.07. The van der Waals surface area contributed by atoms with Crippen molar-refractivity contribution in [3.8, 4) is 5.69 Å². The van der Waals surface area contributed by atoms with E-state index >= 15 is 0 Å². The smallest absolute Gasteiger partial charge is 0.127 e. The maximum Gasteiger partial charge on any atom is 0.127 e. The van der Waals surface area contributed by atoms with E-state index in [0.717, 1.165) is 18.1 Å². The van der Waals surface area contributed by atoms with Gasteiger partial charge in [0.2, 0.25) is 0 Å². The van der Waals surface area contributed by atoms with E-state index in [0.29, 0.717) is 0 Å². The van der Waals surface area contributed by atoms with Crippen LogP contribution in [0.15, 0.2) is 30.5 Å². The van der Waals surface area contributed by atoms with Gasteiger partial charge in [0.05, 0.1) is 6.54 Å². The maximum atomic E-state index is 4.41. The van der Waals surface area contributed by atoms with Crippen LogP contribution in [-0.4, -0.2) is 16.6 Å². The van der Waals surface area contributed by atoms with E-state index in [-0.39, 0.29) is 0 Å². The second kappa shape index (κ2) is 4.49. The van der Waals surface area contributed by atoms with Gasteiger partial charge in [-0.1, -0.05) is 12.1 Å². The molecule has 0 spiro atoms. The molecule has 2 rings (SSSR count). The van der Waals surface area contributed by atoms with Crippen LogP contribution in [0.4, 0.5) is 0 Å². The van der Waals surface area contributed by atoms with Gasteiger partial charge in [-0.05, 0) is 38.6 Å². The number of imidazole rings is 1. The summed E-state index contributed by atoms with van der Waals surface area (Å²) >= 11 is 0. The Hall–Kier alpha value is -1.61. The number of nitrogens with zero attached hydrogens (tertiary/aromatic N) is 2. The minimum atomic E-state index is 0.780. The number of aryl methyl sites for hydroxylation is 2. The second-order valence-electron chi connectivity index (χ2n) is 4.02. The first-order valence-electron chi connectivity index (χ1n) is 5.47. The van der Waals surface area contributed by atoms with Crippen molar-refractivity contribution in [1.29, 1.82) is 0 Å². The SMILES string of the molecule is CNCc1ncc(C)n1-c1cccc(C)c1. The molecular formula is C13H17N3. The average molecular weight is 215 g/mol. The molecule has 3 nitrogen and oxygen atoms in total. The standard InChI is InChI=1S/C13H17N3/c1-10-5-4-6-12(7-10)16-11(2)8-15-13(16)9-14-3/h4-8,14H,9H2,1-3H3. The summed E-state index contributed by atoms with van der Waals surface area (Å²) in [6.07, 6.45) is 1.91. The molecule has 0 saturated carbocycles. The maximum absolute atomic E-state index is 4.41. The predicted molar refractivity (Wildman–Crippen MR) is 65.8 cm³/mol. The van der Waals surface area contributed by atoms with E-state index in [4.69, 9.17) is 0 Å². The molecule has 1 N–H and O–H groups in total. The Kier molecular flexibility index (Phi) is 3.06. The lowest BCUT2D eigenvalue weighted by molar-refractivity contribution is 0.737. The highest BCUT2D eigenvalue weighted by Crippen LogP contribution is 2.15. The molecule has 0 atom stereocenters. The fourth-order valence-corrected chi connectivity index (χ4v) is 1.89. The van der Waals surface area contributed by atoms with Gasteiger partial charge in [0.15, 0.2) is 0 Å². The van der Waals surface area contributed by atoms with Gasteiger partial charge in [-0.25, -0.2) is 4.98 Å². The molecule has 1 aromatic heterocycles. The Bertz CT molecular complexity index is 486. The quantitative estimate of drug-likeness (QED) is 0.850. The first-order chi connectivity index (χ1) is 7.72. The van der Waals surface area contributed by atoms with E-state index in [1.54, 1.807) is 0 Å². The summed E-state index contributed by atoms with van der Waals surface area (Å²) < 4.78 is 2.18. The lowest BCUT2D eigenvalue weighted by Crippen LogP contribution is -2.12. The summed E-state index contributed by atoms with van der Waals surface area (Å²) in [7, 11) is 1.94. The van der Waals surface area contributed by atoms with Gasteiger partial charge in [-0.2, -0.15) is 0 Å². The van der Waals surface area contributed by atoms with Gasteiger partial charge in [0.25, 0.3) is 0 Å². The molecule has 0 aliphatic carbocycles. The Balaban J connectivity index is 2.50. The van der Waals surface area contributed by atoms with Crippen LogP contribution in [-0.2, 0) is 6.54 Å². The molecule has 3 heteroatoms. The molecule has 1 heterocycles. The van der Waals surface area contributed by atoms with Crippen molar-refractivity contribution in [2.75, 3.05) is 7.05 Å². The zero-order chi connectivity index (χ0) is 11.5. The lowest BCUT2D eigenvalue weighted by Gasteiger charge is -2.10. The van der Waals surface area contributed by atoms with Crippen molar-refractivity contribution in [3.05, 3.63) is 47.5 Å². The van der Waals surface area contributed by atoms with Crippen LogP contribution in [0.3, 0.4) is 0 Å². The molecule has 0 saturated heterocycles. The van der Waals surface area contributed by atoms with Crippen molar-refractivity contribution in [3.63, 3.8) is 0 Å². The second-order valence-corrected chi connectivity index (χ2v) is 4.02. The molecule has 0 aliphatic heterocycles. The predicted octanol–water partition coefficient (Wildman–Crippen LogP) is 2.21.